The van der Waals surface area contributed by atoms with Crippen molar-refractivity contribution >= 4 is 5.78 Å². The minimum Gasteiger partial charge on any atom is -0.396 e. The lowest BCUT2D eigenvalue weighted by atomic mass is 9.33. The quantitative estimate of drug-likeness (QED) is 0.151. The lowest BCUT2D eigenvalue weighted by Gasteiger charge is -2.71. The summed E-state index contributed by atoms with van der Waals surface area (Å²) in [5, 5.41) is 51.7. The van der Waals surface area contributed by atoms with Crippen molar-refractivity contribution in [2.45, 2.75) is 140 Å². The Morgan fingerprint density at radius 2 is 1.94 bits per heavy atom. The van der Waals surface area contributed by atoms with Crippen molar-refractivity contribution < 1.29 is 34.7 Å². The molecule has 54 heavy (non-hydrogen) atoms. The van der Waals surface area contributed by atoms with Crippen LogP contribution in [0, 0.1) is 63.6 Å². The van der Waals surface area contributed by atoms with Gasteiger partial charge in [-0.1, -0.05) is 39.0 Å². The van der Waals surface area contributed by atoms with Gasteiger partial charge in [0.15, 0.2) is 5.78 Å². The molecule has 2 saturated heterocycles. The van der Waals surface area contributed by atoms with E-state index in [-0.39, 0.29) is 53.5 Å². The molecule has 0 amide bonds. The Hall–Kier alpha value is -2.01. The van der Waals surface area contributed by atoms with E-state index in [4.69, 9.17) is 15.2 Å². The van der Waals surface area contributed by atoms with Gasteiger partial charge in [0.05, 0.1) is 29.7 Å². The lowest BCUT2D eigenvalue weighted by molar-refractivity contribution is -0.223. The summed E-state index contributed by atoms with van der Waals surface area (Å²) < 4.78 is 14.0. The van der Waals surface area contributed by atoms with Gasteiger partial charge in [-0.3, -0.25) is 4.79 Å². The molecular weight excluding hydrogens is 681 g/mol. The van der Waals surface area contributed by atoms with E-state index in [1.54, 1.807) is 0 Å². The molecule has 0 unspecified atom stereocenters. The third kappa shape index (κ3) is 4.46. The molecule has 0 aromatic carbocycles. The molecule has 6 fully saturated rings. The SMILES string of the molecule is C[C@@H]1CCO[C@]([C@H]2C[C@@H]3CCC4=C5[C@@H]6[C@@H](C[C@@H]7C=CC[C@]68[C@@H](C[C@@H](O)C[C@@H]78)C4=O)C[C@@]2(C)[C@]53O)([C@H]2O[C@@H]2[C@](C)(O)[C@](C)(CO)CCC2=CCNC(N)=C2)C1. The van der Waals surface area contributed by atoms with Crippen molar-refractivity contribution in [3.05, 3.63) is 46.8 Å². The summed E-state index contributed by atoms with van der Waals surface area (Å²) in [5.74, 6) is 2.21. The fourth-order valence-electron chi connectivity index (χ4n) is 15.8. The average molecular weight is 745 g/mol. The highest BCUT2D eigenvalue weighted by Crippen LogP contribution is 2.79. The first-order valence-corrected chi connectivity index (χ1v) is 21.5. The van der Waals surface area contributed by atoms with Gasteiger partial charge in [0.1, 0.15) is 17.8 Å². The number of ketones is 1. The number of dihydropyridines is 1. The second kappa shape index (κ2) is 11.8. The molecule has 0 aromatic heterocycles. The van der Waals surface area contributed by atoms with Gasteiger partial charge in [-0.05, 0) is 154 Å². The highest BCUT2D eigenvalue weighted by molar-refractivity contribution is 6.01. The fourth-order valence-corrected chi connectivity index (χ4v) is 15.8. The van der Waals surface area contributed by atoms with Crippen molar-refractivity contribution in [3.8, 4) is 0 Å². The molecule has 2 bridgehead atoms. The van der Waals surface area contributed by atoms with Gasteiger partial charge in [-0.15, -0.1) is 0 Å². The van der Waals surface area contributed by atoms with Crippen LogP contribution in [-0.2, 0) is 14.3 Å². The van der Waals surface area contributed by atoms with E-state index in [0.717, 1.165) is 68.1 Å². The maximum atomic E-state index is 14.9. The van der Waals surface area contributed by atoms with Crippen LogP contribution in [0.25, 0.3) is 0 Å². The molecule has 1 spiro atoms. The lowest BCUT2D eigenvalue weighted by Crippen LogP contribution is -2.71. The summed E-state index contributed by atoms with van der Waals surface area (Å²) in [6.45, 7) is 9.55. The number of nitrogens with two attached hydrogens (primary N) is 1. The Labute approximate surface area is 320 Å². The van der Waals surface area contributed by atoms with Crippen molar-refractivity contribution in [2.24, 2.45) is 69.3 Å². The number of aliphatic hydroxyl groups excluding tert-OH is 2. The molecule has 0 radical (unpaired) electrons. The van der Waals surface area contributed by atoms with Gasteiger partial charge in [0.2, 0.25) is 0 Å². The second-order valence-corrected chi connectivity index (χ2v) is 20.8. The maximum absolute atomic E-state index is 14.9. The summed E-state index contributed by atoms with van der Waals surface area (Å²) in [5.41, 5.74) is 4.39. The summed E-state index contributed by atoms with van der Waals surface area (Å²) in [7, 11) is 0. The average Bonchev–Trinajstić information content (AvgIpc) is 3.91. The molecule has 9 nitrogen and oxygen atoms in total. The topological polar surface area (TPSA) is 158 Å². The minimum absolute atomic E-state index is 0.0225. The van der Waals surface area contributed by atoms with Crippen molar-refractivity contribution in [1.82, 2.24) is 5.32 Å². The number of carbonyl (C=O) groups excluding carboxylic acids is 1. The highest BCUT2D eigenvalue weighted by Gasteiger charge is 2.80. The van der Waals surface area contributed by atoms with Crippen LogP contribution < -0.4 is 11.1 Å². The number of epoxide rings is 1. The maximum Gasteiger partial charge on any atom is 0.162 e. The van der Waals surface area contributed by atoms with Gasteiger partial charge in [0.25, 0.3) is 0 Å². The zero-order chi connectivity index (χ0) is 37.8. The monoisotopic (exact) mass is 744 g/mol. The van der Waals surface area contributed by atoms with E-state index in [1.165, 1.54) is 0 Å². The van der Waals surface area contributed by atoms with E-state index in [0.29, 0.717) is 62.4 Å². The summed E-state index contributed by atoms with van der Waals surface area (Å²) in [6, 6.07) is 0. The van der Waals surface area contributed by atoms with Crippen LogP contribution >= 0.6 is 0 Å². The van der Waals surface area contributed by atoms with Gasteiger partial charge in [-0.25, -0.2) is 0 Å². The van der Waals surface area contributed by atoms with Gasteiger partial charge in [-0.2, -0.15) is 0 Å². The van der Waals surface area contributed by atoms with Crippen LogP contribution in [0.3, 0.4) is 0 Å². The number of hydrogen-bond donors (Lipinski definition) is 6. The van der Waals surface area contributed by atoms with Crippen LogP contribution in [-0.4, -0.2) is 81.1 Å². The van der Waals surface area contributed by atoms with Crippen LogP contribution in [0.2, 0.25) is 0 Å². The summed E-state index contributed by atoms with van der Waals surface area (Å²) >= 11 is 0. The smallest absolute Gasteiger partial charge is 0.162 e. The third-order valence-electron chi connectivity index (χ3n) is 18.5. The molecule has 4 saturated carbocycles. The molecule has 3 heterocycles. The molecule has 9 heteroatoms. The van der Waals surface area contributed by atoms with Crippen LogP contribution in [0.1, 0.15) is 105 Å². The fraction of sp³-hybridized carbons (Fsp3) is 0.800. The number of hydrogen-bond acceptors (Lipinski definition) is 9. The van der Waals surface area contributed by atoms with E-state index in [1.807, 2.05) is 19.9 Å². The molecular formula is C45H64N2O7. The Morgan fingerprint density at radius 3 is 2.70 bits per heavy atom. The number of rotatable bonds is 8. The molecule has 10 rings (SSSR count). The second-order valence-electron chi connectivity index (χ2n) is 20.8. The normalized spacial score (nSPS) is 52.0. The van der Waals surface area contributed by atoms with Crippen molar-refractivity contribution in [3.63, 3.8) is 0 Å². The number of Topliss-reactive ketones (excluding diaryl/α,β-unsaturated/α-hetero) is 1. The number of nitrogens with one attached hydrogen (secondary N) is 1. The van der Waals surface area contributed by atoms with Crippen LogP contribution in [0.5, 0.6) is 0 Å². The first-order chi connectivity index (χ1) is 25.6. The van der Waals surface area contributed by atoms with E-state index < -0.39 is 39.8 Å². The highest BCUT2D eigenvalue weighted by atomic mass is 16.6. The Morgan fingerprint density at radius 1 is 1.13 bits per heavy atom. The number of carbonyl (C=O) groups is 1. The zero-order valence-corrected chi connectivity index (χ0v) is 32.9. The molecule has 10 aliphatic rings. The van der Waals surface area contributed by atoms with E-state index >= 15 is 0 Å². The predicted molar refractivity (Wildman–Crippen MR) is 203 cm³/mol. The molecule has 296 valence electrons. The molecule has 17 atom stereocenters. The van der Waals surface area contributed by atoms with Gasteiger partial charge < -0.3 is 41.0 Å². The molecule has 7 aliphatic carbocycles. The third-order valence-corrected chi connectivity index (χ3v) is 18.5. The summed E-state index contributed by atoms with van der Waals surface area (Å²) in [6.07, 6.45) is 16.9. The number of aliphatic hydroxyl groups is 4. The summed E-state index contributed by atoms with van der Waals surface area (Å²) in [4.78, 5) is 14.9. The van der Waals surface area contributed by atoms with Gasteiger partial charge in [0, 0.05) is 29.9 Å². The Kier molecular flexibility index (Phi) is 7.93. The standard InChI is InChI=1S/C45H64N2O7/c1-24-11-15-53-44(21-24,39-38(54-39)42(4,51)40(2,23-48)13-9-25-10-14-47-34(46)16-25)33-18-28-7-8-30-36-35-27(22-41(33,3)45(28,36)52)17-26-6-5-12-43(35)31(26)19-29(49)20-32(43)37(30)50/h5-6,10,16,24,26-29,31-33,35,38-39,47-49,51-52H,7-9,11-15,17-23,46H2,1-4H3/t24-,26+,27+,28+,29+,31+,32+,33+,35+,38+,39+,40+,41-,42+,43+,44-,45-/m1/s1. The molecule has 7 N–H and O–H groups in total. The first kappa shape index (κ1) is 36.3. The molecule has 3 aliphatic heterocycles. The largest absolute Gasteiger partial charge is 0.396 e. The zero-order valence-electron chi connectivity index (χ0n) is 32.9. The predicted octanol–water partition coefficient (Wildman–Crippen LogP) is 4.83. The van der Waals surface area contributed by atoms with E-state index in [9.17, 15) is 25.2 Å². The van der Waals surface area contributed by atoms with Crippen LogP contribution in [0.4, 0.5) is 0 Å². The number of allylic oxidation sites excluding steroid dienone is 5. The first-order valence-electron chi connectivity index (χ1n) is 21.5. The molecule has 0 aromatic rings. The Balaban J connectivity index is 1.04. The number of ether oxygens (including phenoxy) is 2. The van der Waals surface area contributed by atoms with Crippen molar-refractivity contribution in [1.29, 1.82) is 0 Å². The Bertz CT molecular complexity index is 1750. The van der Waals surface area contributed by atoms with Crippen LogP contribution in [0.15, 0.2) is 46.8 Å². The van der Waals surface area contributed by atoms with E-state index in [2.05, 4.69) is 37.4 Å². The van der Waals surface area contributed by atoms with Gasteiger partial charge >= 0.3 is 0 Å². The minimum atomic E-state index is -1.35. The van der Waals surface area contributed by atoms with Crippen molar-refractivity contribution in [2.75, 3.05) is 19.8 Å².